The van der Waals surface area contributed by atoms with E-state index in [4.69, 9.17) is 0 Å². The van der Waals surface area contributed by atoms with Gasteiger partial charge in [0.15, 0.2) is 0 Å². The Hall–Kier alpha value is -1.04. The van der Waals surface area contributed by atoms with Crippen LogP contribution in [0.3, 0.4) is 0 Å². The highest BCUT2D eigenvalue weighted by Gasteiger charge is 2.10. The topological polar surface area (TPSA) is 0 Å². The molecule has 0 aromatic heterocycles. The van der Waals surface area contributed by atoms with E-state index < -0.39 is 0 Å². The van der Waals surface area contributed by atoms with Crippen LogP contribution in [0, 0.1) is 0 Å². The number of rotatable bonds is 4. The minimum Gasteiger partial charge on any atom is -0.0985 e. The first-order valence-corrected chi connectivity index (χ1v) is 5.92. The Morgan fingerprint density at radius 1 is 1.13 bits per heavy atom. The highest BCUT2D eigenvalue weighted by Crippen LogP contribution is 2.27. The lowest BCUT2D eigenvalue weighted by atomic mass is 9.88. The summed E-state index contributed by atoms with van der Waals surface area (Å²) in [6.07, 6.45) is 4.17. The van der Waals surface area contributed by atoms with E-state index in [-0.39, 0.29) is 0 Å². The second-order valence-corrected chi connectivity index (χ2v) is 4.32. The van der Waals surface area contributed by atoms with Gasteiger partial charge >= 0.3 is 0 Å². The molecule has 82 valence electrons. The number of hydrogen-bond acceptors (Lipinski definition) is 0. The van der Waals surface area contributed by atoms with Crippen LogP contribution in [-0.4, -0.2) is 0 Å². The number of aryl methyl sites for hydroxylation is 2. The summed E-state index contributed by atoms with van der Waals surface area (Å²) in [6, 6.07) is 4.56. The molecule has 15 heavy (non-hydrogen) atoms. The van der Waals surface area contributed by atoms with Crippen LogP contribution in [0.5, 0.6) is 0 Å². The molecule has 0 spiro atoms. The predicted octanol–water partition coefficient (Wildman–Crippen LogP) is 4.58. The summed E-state index contributed by atoms with van der Waals surface area (Å²) in [4.78, 5) is 0. The Kier molecular flexibility index (Phi) is 4.14. The third-order valence-corrected chi connectivity index (χ3v) is 2.95. The molecule has 0 fully saturated rings. The third-order valence-electron chi connectivity index (χ3n) is 2.95. The maximum Gasteiger partial charge on any atom is -0.0213 e. The molecule has 0 nitrogen and oxygen atoms in total. The third kappa shape index (κ3) is 2.50. The van der Waals surface area contributed by atoms with Gasteiger partial charge in [-0.05, 0) is 41.0 Å². The van der Waals surface area contributed by atoms with E-state index in [0.717, 1.165) is 12.8 Å². The van der Waals surface area contributed by atoms with Crippen molar-refractivity contribution in [2.75, 3.05) is 0 Å². The summed E-state index contributed by atoms with van der Waals surface area (Å²) in [5, 5.41) is 0. The summed E-state index contributed by atoms with van der Waals surface area (Å²) in [7, 11) is 0. The quantitative estimate of drug-likeness (QED) is 0.670. The van der Waals surface area contributed by atoms with Crippen LogP contribution in [0.2, 0.25) is 0 Å². The van der Waals surface area contributed by atoms with Gasteiger partial charge in [0, 0.05) is 0 Å². The van der Waals surface area contributed by atoms with Crippen molar-refractivity contribution in [3.05, 3.63) is 41.0 Å². The maximum absolute atomic E-state index is 3.86. The largest absolute Gasteiger partial charge is 0.0985 e. The number of hydrogen-bond donors (Lipinski definition) is 0. The van der Waals surface area contributed by atoms with Crippen LogP contribution in [0.1, 0.15) is 55.9 Å². The van der Waals surface area contributed by atoms with Crippen molar-refractivity contribution in [2.45, 2.75) is 46.5 Å². The summed E-state index contributed by atoms with van der Waals surface area (Å²) >= 11 is 0. The van der Waals surface area contributed by atoms with Crippen LogP contribution < -0.4 is 0 Å². The van der Waals surface area contributed by atoms with Gasteiger partial charge < -0.3 is 0 Å². The van der Waals surface area contributed by atoms with Crippen molar-refractivity contribution in [1.29, 1.82) is 0 Å². The zero-order chi connectivity index (χ0) is 11.4. The van der Waals surface area contributed by atoms with E-state index in [1.165, 1.54) is 16.7 Å². The molecule has 0 unspecified atom stereocenters. The average Bonchev–Trinajstić information content (AvgIpc) is 2.26. The molecule has 0 heterocycles. The molecule has 0 aliphatic heterocycles. The summed E-state index contributed by atoms with van der Waals surface area (Å²) < 4.78 is 0. The first-order chi connectivity index (χ1) is 7.13. The molecule has 1 aromatic rings. The smallest absolute Gasteiger partial charge is 0.0213 e. The van der Waals surface area contributed by atoms with Gasteiger partial charge in [-0.3, -0.25) is 0 Å². The Bertz CT molecular complexity index is 320. The lowest BCUT2D eigenvalue weighted by molar-refractivity contribution is 0.822. The summed E-state index contributed by atoms with van der Waals surface area (Å²) in [6.45, 7) is 12.9. The molecule has 0 saturated heterocycles. The van der Waals surface area contributed by atoms with Gasteiger partial charge in [-0.15, -0.1) is 0 Å². The zero-order valence-electron chi connectivity index (χ0n) is 10.4. The van der Waals surface area contributed by atoms with Crippen molar-refractivity contribution >= 4 is 6.08 Å². The molecule has 0 amide bonds. The maximum atomic E-state index is 3.86. The second kappa shape index (κ2) is 5.16. The van der Waals surface area contributed by atoms with Crippen LogP contribution in [0.25, 0.3) is 6.08 Å². The Labute approximate surface area is 94.0 Å². The lowest BCUT2D eigenvalue weighted by Gasteiger charge is -2.17. The van der Waals surface area contributed by atoms with E-state index in [2.05, 4.69) is 46.4 Å². The van der Waals surface area contributed by atoms with Gasteiger partial charge in [0.25, 0.3) is 0 Å². The molecular formula is C15H22. The van der Waals surface area contributed by atoms with Gasteiger partial charge in [-0.2, -0.15) is 0 Å². The predicted molar refractivity (Wildman–Crippen MR) is 69.4 cm³/mol. The molecule has 0 aliphatic carbocycles. The Morgan fingerprint density at radius 2 is 1.60 bits per heavy atom. The fraction of sp³-hybridized carbons (Fsp3) is 0.467. The molecule has 0 saturated carbocycles. The summed E-state index contributed by atoms with van der Waals surface area (Å²) in [5.74, 6) is 0.619. The molecule has 1 aromatic carbocycles. The SMILES string of the molecule is C=Cc1cc(CC)c(C(C)C)c(CC)c1. The van der Waals surface area contributed by atoms with E-state index in [9.17, 15) is 0 Å². The molecule has 0 bridgehead atoms. The average molecular weight is 202 g/mol. The van der Waals surface area contributed by atoms with Gasteiger partial charge in [0.1, 0.15) is 0 Å². The van der Waals surface area contributed by atoms with Crippen LogP contribution in [0.15, 0.2) is 18.7 Å². The number of benzene rings is 1. The minimum absolute atomic E-state index is 0.619. The molecule has 1 rings (SSSR count). The van der Waals surface area contributed by atoms with Crippen LogP contribution in [-0.2, 0) is 12.8 Å². The Morgan fingerprint density at radius 3 is 1.87 bits per heavy atom. The molecule has 0 heteroatoms. The minimum atomic E-state index is 0.619. The van der Waals surface area contributed by atoms with E-state index in [1.54, 1.807) is 5.56 Å². The van der Waals surface area contributed by atoms with Gasteiger partial charge in [0.05, 0.1) is 0 Å². The highest BCUT2D eigenvalue weighted by atomic mass is 14.2. The molecule has 0 radical (unpaired) electrons. The van der Waals surface area contributed by atoms with E-state index in [0.29, 0.717) is 5.92 Å². The van der Waals surface area contributed by atoms with Gasteiger partial charge in [-0.1, -0.05) is 52.5 Å². The van der Waals surface area contributed by atoms with Crippen molar-refractivity contribution in [2.24, 2.45) is 0 Å². The standard InChI is InChI=1S/C15H22/c1-6-12-9-13(7-2)15(11(4)5)14(8-3)10-12/h6,9-11H,1,7-8H2,2-5H3. The molecular weight excluding hydrogens is 180 g/mol. The first kappa shape index (κ1) is 12.0. The van der Waals surface area contributed by atoms with E-state index in [1.807, 2.05) is 6.08 Å². The van der Waals surface area contributed by atoms with Crippen LogP contribution >= 0.6 is 0 Å². The van der Waals surface area contributed by atoms with E-state index >= 15 is 0 Å². The molecule has 0 aliphatic rings. The monoisotopic (exact) mass is 202 g/mol. The highest BCUT2D eigenvalue weighted by molar-refractivity contribution is 5.53. The van der Waals surface area contributed by atoms with Crippen molar-refractivity contribution < 1.29 is 0 Å². The van der Waals surface area contributed by atoms with Crippen molar-refractivity contribution in [1.82, 2.24) is 0 Å². The van der Waals surface area contributed by atoms with Crippen LogP contribution in [0.4, 0.5) is 0 Å². The molecule has 0 N–H and O–H groups in total. The second-order valence-electron chi connectivity index (χ2n) is 4.32. The van der Waals surface area contributed by atoms with Crippen molar-refractivity contribution in [3.63, 3.8) is 0 Å². The Balaban J connectivity index is 3.39. The fourth-order valence-electron chi connectivity index (χ4n) is 2.25. The van der Waals surface area contributed by atoms with Gasteiger partial charge in [-0.25, -0.2) is 0 Å². The lowest BCUT2D eigenvalue weighted by Crippen LogP contribution is -2.02. The fourth-order valence-corrected chi connectivity index (χ4v) is 2.25. The first-order valence-electron chi connectivity index (χ1n) is 5.92. The molecule has 0 atom stereocenters. The summed E-state index contributed by atoms with van der Waals surface area (Å²) in [5.41, 5.74) is 5.78. The van der Waals surface area contributed by atoms with Crippen molar-refractivity contribution in [3.8, 4) is 0 Å². The zero-order valence-corrected chi connectivity index (χ0v) is 10.4. The normalized spacial score (nSPS) is 10.7. The van der Waals surface area contributed by atoms with Gasteiger partial charge in [0.2, 0.25) is 0 Å².